The summed E-state index contributed by atoms with van der Waals surface area (Å²) >= 11 is 6.19. The summed E-state index contributed by atoms with van der Waals surface area (Å²) in [5.41, 5.74) is 1.74. The lowest BCUT2D eigenvalue weighted by molar-refractivity contribution is 0.102. The molecule has 0 atom stereocenters. The Morgan fingerprint density at radius 2 is 1.92 bits per heavy atom. The third kappa shape index (κ3) is 4.51. The summed E-state index contributed by atoms with van der Waals surface area (Å²) in [6.07, 6.45) is 2.81. The van der Waals surface area contributed by atoms with Gasteiger partial charge in [-0.2, -0.15) is 10.2 Å². The molecule has 5 nitrogen and oxygen atoms in total. The Kier molecular flexibility index (Phi) is 5.20. The summed E-state index contributed by atoms with van der Waals surface area (Å²) < 4.78 is 18.5. The fourth-order valence-electron chi connectivity index (χ4n) is 2.07. The van der Waals surface area contributed by atoms with E-state index in [4.69, 9.17) is 16.3 Å². The van der Waals surface area contributed by atoms with Gasteiger partial charge in [0, 0.05) is 5.69 Å². The molecule has 0 saturated heterocycles. The minimum absolute atomic E-state index is 0.258. The van der Waals surface area contributed by atoms with Crippen molar-refractivity contribution in [3.05, 3.63) is 82.9 Å². The zero-order valence-electron chi connectivity index (χ0n) is 12.9. The van der Waals surface area contributed by atoms with Crippen molar-refractivity contribution in [2.45, 2.75) is 6.61 Å². The first-order valence-corrected chi connectivity index (χ1v) is 7.74. The van der Waals surface area contributed by atoms with Crippen LogP contribution in [0.2, 0.25) is 5.02 Å². The molecule has 0 aliphatic carbocycles. The van der Waals surface area contributed by atoms with E-state index in [9.17, 15) is 9.18 Å². The number of nitrogens with one attached hydrogen (secondary N) is 1. The van der Waals surface area contributed by atoms with Crippen molar-refractivity contribution in [3.8, 4) is 5.75 Å². The van der Waals surface area contributed by atoms with Crippen molar-refractivity contribution in [3.63, 3.8) is 0 Å². The molecule has 3 aromatic rings. The number of amides is 1. The number of ether oxygens (including phenoxy) is 1. The van der Waals surface area contributed by atoms with Gasteiger partial charge in [-0.15, -0.1) is 0 Å². The van der Waals surface area contributed by atoms with E-state index in [1.54, 1.807) is 36.4 Å². The predicted octanol–water partition coefficient (Wildman–Crippen LogP) is 4.10. The molecule has 0 bridgehead atoms. The van der Waals surface area contributed by atoms with Gasteiger partial charge >= 0.3 is 0 Å². The molecular weight excluding hydrogens is 345 g/mol. The summed E-state index contributed by atoms with van der Waals surface area (Å²) in [5.74, 6) is -0.146. The van der Waals surface area contributed by atoms with E-state index in [0.29, 0.717) is 22.0 Å². The Bertz CT molecular complexity index is 873. The zero-order chi connectivity index (χ0) is 17.6. The van der Waals surface area contributed by atoms with E-state index in [1.807, 2.05) is 0 Å². The highest BCUT2D eigenvalue weighted by Crippen LogP contribution is 2.28. The number of rotatable bonds is 5. The predicted molar refractivity (Wildman–Crippen MR) is 92.2 cm³/mol. The third-order valence-corrected chi connectivity index (χ3v) is 3.64. The summed E-state index contributed by atoms with van der Waals surface area (Å²) in [7, 11) is 0. The zero-order valence-corrected chi connectivity index (χ0v) is 13.7. The number of hydrogen-bond donors (Lipinski definition) is 1. The smallest absolute Gasteiger partial charge is 0.257 e. The molecule has 25 heavy (non-hydrogen) atoms. The number of hydrogen-bond acceptors (Lipinski definition) is 4. The van der Waals surface area contributed by atoms with Crippen LogP contribution >= 0.6 is 11.6 Å². The molecule has 1 amide bonds. The van der Waals surface area contributed by atoms with E-state index < -0.39 is 0 Å². The van der Waals surface area contributed by atoms with Crippen molar-refractivity contribution in [1.29, 1.82) is 0 Å². The first-order valence-electron chi connectivity index (χ1n) is 7.36. The molecule has 0 aliphatic heterocycles. The van der Waals surface area contributed by atoms with E-state index in [2.05, 4.69) is 15.5 Å². The second-order valence-corrected chi connectivity index (χ2v) is 5.55. The van der Waals surface area contributed by atoms with Crippen molar-refractivity contribution in [1.82, 2.24) is 10.2 Å². The van der Waals surface area contributed by atoms with Crippen molar-refractivity contribution < 1.29 is 13.9 Å². The first kappa shape index (κ1) is 16.9. The SMILES string of the molecule is O=C(Nc1ccc(OCc2ccc(F)cc2)c(Cl)c1)c1ccnnc1. The average Bonchev–Trinajstić information content (AvgIpc) is 2.63. The Morgan fingerprint density at radius 1 is 1.12 bits per heavy atom. The second kappa shape index (κ2) is 7.72. The van der Waals surface area contributed by atoms with Gasteiger partial charge in [0.05, 0.1) is 23.0 Å². The topological polar surface area (TPSA) is 64.1 Å². The van der Waals surface area contributed by atoms with E-state index in [1.165, 1.54) is 24.5 Å². The second-order valence-electron chi connectivity index (χ2n) is 5.15. The van der Waals surface area contributed by atoms with Crippen LogP contribution in [0.3, 0.4) is 0 Å². The highest BCUT2D eigenvalue weighted by atomic mass is 35.5. The van der Waals surface area contributed by atoms with Gasteiger partial charge in [0.15, 0.2) is 0 Å². The Balaban J connectivity index is 1.64. The Hall–Kier alpha value is -2.99. The largest absolute Gasteiger partial charge is 0.487 e. The number of anilines is 1. The summed E-state index contributed by atoms with van der Waals surface area (Å²) in [6.45, 7) is 0.258. The Morgan fingerprint density at radius 3 is 2.60 bits per heavy atom. The fourth-order valence-corrected chi connectivity index (χ4v) is 2.30. The monoisotopic (exact) mass is 357 g/mol. The van der Waals surface area contributed by atoms with Crippen LogP contribution in [0.1, 0.15) is 15.9 Å². The molecule has 0 saturated carbocycles. The minimum Gasteiger partial charge on any atom is -0.487 e. The van der Waals surface area contributed by atoms with Crippen LogP contribution in [0, 0.1) is 5.82 Å². The van der Waals surface area contributed by atoms with Crippen LogP contribution in [0.25, 0.3) is 0 Å². The molecular formula is C18H13ClFN3O2. The van der Waals surface area contributed by atoms with Crippen LogP contribution in [0.15, 0.2) is 60.9 Å². The van der Waals surface area contributed by atoms with Gasteiger partial charge in [-0.1, -0.05) is 23.7 Å². The maximum atomic E-state index is 12.9. The minimum atomic E-state index is -0.314. The van der Waals surface area contributed by atoms with Crippen molar-refractivity contribution in [2.75, 3.05) is 5.32 Å². The van der Waals surface area contributed by atoms with Gasteiger partial charge in [0.25, 0.3) is 5.91 Å². The van der Waals surface area contributed by atoms with Gasteiger partial charge in [-0.3, -0.25) is 4.79 Å². The normalized spacial score (nSPS) is 10.3. The van der Waals surface area contributed by atoms with Gasteiger partial charge < -0.3 is 10.1 Å². The molecule has 3 rings (SSSR count). The highest BCUT2D eigenvalue weighted by Gasteiger charge is 2.09. The number of benzene rings is 2. The Labute approximate surface area is 148 Å². The van der Waals surface area contributed by atoms with Gasteiger partial charge in [0.2, 0.25) is 0 Å². The molecule has 0 radical (unpaired) electrons. The number of halogens is 2. The van der Waals surface area contributed by atoms with Crippen LogP contribution < -0.4 is 10.1 Å². The van der Waals surface area contributed by atoms with Crippen LogP contribution in [0.4, 0.5) is 10.1 Å². The van der Waals surface area contributed by atoms with Crippen LogP contribution in [0.5, 0.6) is 5.75 Å². The average molecular weight is 358 g/mol. The molecule has 0 aliphatic rings. The highest BCUT2D eigenvalue weighted by molar-refractivity contribution is 6.32. The van der Waals surface area contributed by atoms with Crippen molar-refractivity contribution in [2.24, 2.45) is 0 Å². The molecule has 2 aromatic carbocycles. The lowest BCUT2D eigenvalue weighted by atomic mass is 10.2. The van der Waals surface area contributed by atoms with Crippen molar-refractivity contribution >= 4 is 23.2 Å². The molecule has 1 heterocycles. The van der Waals surface area contributed by atoms with Gasteiger partial charge in [-0.05, 0) is 42.0 Å². The number of nitrogens with zero attached hydrogens (tertiary/aromatic N) is 2. The quantitative estimate of drug-likeness (QED) is 0.746. The van der Waals surface area contributed by atoms with Crippen LogP contribution in [-0.2, 0) is 6.61 Å². The van der Waals surface area contributed by atoms with E-state index >= 15 is 0 Å². The lowest BCUT2D eigenvalue weighted by Crippen LogP contribution is -2.12. The number of carbonyl (C=O) groups excluding carboxylic acids is 1. The van der Waals surface area contributed by atoms with Gasteiger partial charge in [0.1, 0.15) is 18.2 Å². The summed E-state index contributed by atoms with van der Waals surface area (Å²) in [6, 6.07) is 12.5. The molecule has 126 valence electrons. The van der Waals surface area contributed by atoms with E-state index in [0.717, 1.165) is 5.56 Å². The molecule has 0 unspecified atom stereocenters. The lowest BCUT2D eigenvalue weighted by Gasteiger charge is -2.10. The number of carbonyl (C=O) groups is 1. The summed E-state index contributed by atoms with van der Waals surface area (Å²) in [4.78, 5) is 12.1. The van der Waals surface area contributed by atoms with E-state index in [-0.39, 0.29) is 18.3 Å². The number of aromatic nitrogens is 2. The fraction of sp³-hybridized carbons (Fsp3) is 0.0556. The van der Waals surface area contributed by atoms with Gasteiger partial charge in [-0.25, -0.2) is 4.39 Å². The molecule has 0 spiro atoms. The first-order chi connectivity index (χ1) is 12.1. The maximum absolute atomic E-state index is 12.9. The maximum Gasteiger partial charge on any atom is 0.257 e. The molecule has 7 heteroatoms. The third-order valence-electron chi connectivity index (χ3n) is 3.34. The summed E-state index contributed by atoms with van der Waals surface area (Å²) in [5, 5.41) is 10.4. The molecule has 0 fully saturated rings. The molecule has 1 aromatic heterocycles. The molecule has 1 N–H and O–H groups in total. The van der Waals surface area contributed by atoms with Crippen LogP contribution in [-0.4, -0.2) is 16.1 Å². The standard InChI is InChI=1S/C18H13ClFN3O2/c19-16-9-15(23-18(24)13-7-8-21-22-10-13)5-6-17(16)25-11-12-1-3-14(20)4-2-12/h1-10H,11H2,(H,23,24).